The summed E-state index contributed by atoms with van der Waals surface area (Å²) in [6, 6.07) is 6.94. The molecule has 0 aliphatic carbocycles. The summed E-state index contributed by atoms with van der Waals surface area (Å²) in [5.41, 5.74) is 0.415. The Labute approximate surface area is 111 Å². The number of hydrogen-bond acceptors (Lipinski definition) is 6. The van der Waals surface area contributed by atoms with Crippen LogP contribution in [0, 0.1) is 5.82 Å². The van der Waals surface area contributed by atoms with Crippen LogP contribution < -0.4 is 5.32 Å². The van der Waals surface area contributed by atoms with Crippen LogP contribution in [-0.2, 0) is 0 Å². The Bertz CT molecular complexity index is 739. The molecule has 2 aromatic heterocycles. The van der Waals surface area contributed by atoms with Gasteiger partial charge in [-0.25, -0.2) is 4.39 Å². The molecule has 0 spiro atoms. The van der Waals surface area contributed by atoms with Crippen molar-refractivity contribution in [1.29, 1.82) is 0 Å². The highest BCUT2D eigenvalue weighted by atomic mass is 19.1. The van der Waals surface area contributed by atoms with E-state index in [4.69, 9.17) is 4.42 Å². The van der Waals surface area contributed by atoms with Gasteiger partial charge in [0.25, 0.3) is 5.91 Å². The lowest BCUT2D eigenvalue weighted by atomic mass is 10.2. The van der Waals surface area contributed by atoms with E-state index in [1.165, 1.54) is 30.5 Å². The average molecular weight is 274 g/mol. The molecule has 0 aliphatic heterocycles. The maximum Gasteiger partial charge on any atom is 0.322 e. The molecule has 0 unspecified atom stereocenters. The number of anilines is 1. The van der Waals surface area contributed by atoms with Gasteiger partial charge in [0.05, 0.1) is 6.20 Å². The molecule has 3 aromatic rings. The minimum atomic E-state index is -0.572. The Morgan fingerprint density at radius 2 is 2.15 bits per heavy atom. The quantitative estimate of drug-likeness (QED) is 0.786. The largest absolute Gasteiger partial charge is 0.403 e. The molecule has 8 heteroatoms. The maximum atomic E-state index is 13.1. The molecular formula is C12H7FN4O3. The predicted octanol–water partition coefficient (Wildman–Crippen LogP) is 2.12. The molecule has 0 saturated carbocycles. The van der Waals surface area contributed by atoms with E-state index in [0.717, 1.165) is 0 Å². The molecule has 2 heterocycles. The Kier molecular flexibility index (Phi) is 2.96. The van der Waals surface area contributed by atoms with Gasteiger partial charge in [-0.2, -0.15) is 0 Å². The number of nitrogens with zero attached hydrogens (tertiary/aromatic N) is 3. The van der Waals surface area contributed by atoms with Crippen LogP contribution in [0.2, 0.25) is 0 Å². The molecule has 0 atom stereocenters. The first kappa shape index (κ1) is 12.0. The number of rotatable bonds is 3. The van der Waals surface area contributed by atoms with Gasteiger partial charge in [-0.05, 0) is 18.2 Å². The fraction of sp³-hybridized carbons (Fsp3) is 0. The molecular weight excluding hydrogens is 267 g/mol. The number of amides is 1. The molecule has 100 valence electrons. The zero-order chi connectivity index (χ0) is 13.9. The maximum absolute atomic E-state index is 13.1. The Balaban J connectivity index is 1.79. The van der Waals surface area contributed by atoms with Crippen molar-refractivity contribution >= 4 is 11.9 Å². The minimum Gasteiger partial charge on any atom is -0.403 e. The number of aromatic nitrogens is 3. The van der Waals surface area contributed by atoms with E-state index in [-0.39, 0.29) is 17.7 Å². The summed E-state index contributed by atoms with van der Waals surface area (Å²) in [7, 11) is 0. The normalized spacial score (nSPS) is 10.4. The summed E-state index contributed by atoms with van der Waals surface area (Å²) in [5, 5.41) is 13.1. The second-order valence-corrected chi connectivity index (χ2v) is 3.75. The van der Waals surface area contributed by atoms with Crippen LogP contribution in [0.5, 0.6) is 0 Å². The molecule has 0 radical (unpaired) electrons. The lowest BCUT2D eigenvalue weighted by Crippen LogP contribution is -2.11. The molecule has 0 fully saturated rings. The highest BCUT2D eigenvalue weighted by Crippen LogP contribution is 2.20. The van der Waals surface area contributed by atoms with E-state index >= 15 is 0 Å². The van der Waals surface area contributed by atoms with Crippen LogP contribution in [0.15, 0.2) is 45.5 Å². The van der Waals surface area contributed by atoms with Crippen molar-refractivity contribution in [2.75, 3.05) is 5.32 Å². The van der Waals surface area contributed by atoms with Crippen molar-refractivity contribution in [1.82, 2.24) is 15.4 Å². The third-order valence-electron chi connectivity index (χ3n) is 2.38. The Morgan fingerprint density at radius 1 is 1.25 bits per heavy atom. The summed E-state index contributed by atoms with van der Waals surface area (Å²) in [5.74, 6) is -0.891. The first-order valence-electron chi connectivity index (χ1n) is 5.54. The van der Waals surface area contributed by atoms with Crippen molar-refractivity contribution in [3.8, 4) is 11.5 Å². The monoisotopic (exact) mass is 274 g/mol. The second kappa shape index (κ2) is 4.92. The van der Waals surface area contributed by atoms with Crippen molar-refractivity contribution in [2.45, 2.75) is 0 Å². The van der Waals surface area contributed by atoms with Crippen molar-refractivity contribution in [2.24, 2.45) is 0 Å². The van der Waals surface area contributed by atoms with Crippen LogP contribution in [0.25, 0.3) is 11.5 Å². The third kappa shape index (κ3) is 2.39. The zero-order valence-corrected chi connectivity index (χ0v) is 9.91. The lowest BCUT2D eigenvalue weighted by molar-refractivity contribution is 0.0985. The van der Waals surface area contributed by atoms with Crippen molar-refractivity contribution < 1.29 is 18.1 Å². The van der Waals surface area contributed by atoms with E-state index in [0.29, 0.717) is 5.56 Å². The first-order valence-corrected chi connectivity index (χ1v) is 5.54. The summed E-state index contributed by atoms with van der Waals surface area (Å²) in [4.78, 5) is 11.6. The summed E-state index contributed by atoms with van der Waals surface area (Å²) in [6.45, 7) is 0. The molecule has 3 rings (SSSR count). The smallest absolute Gasteiger partial charge is 0.322 e. The topological polar surface area (TPSA) is 94.1 Å². The number of halogens is 1. The standard InChI is InChI=1S/C12H7FN4O3/c13-8-3-1-2-7(6-8)11-16-17-12(19-11)15-10(18)9-4-5-14-20-9/h1-6H,(H,15,17,18). The fourth-order valence-corrected chi connectivity index (χ4v) is 1.50. The predicted molar refractivity (Wildman–Crippen MR) is 64.1 cm³/mol. The molecule has 0 aliphatic rings. The van der Waals surface area contributed by atoms with Gasteiger partial charge in [0.15, 0.2) is 0 Å². The zero-order valence-electron chi connectivity index (χ0n) is 9.91. The van der Waals surface area contributed by atoms with E-state index in [2.05, 4.69) is 25.2 Å². The van der Waals surface area contributed by atoms with Gasteiger partial charge in [-0.1, -0.05) is 16.3 Å². The van der Waals surface area contributed by atoms with Crippen LogP contribution in [-0.4, -0.2) is 21.3 Å². The molecule has 1 aromatic carbocycles. The fourth-order valence-electron chi connectivity index (χ4n) is 1.50. The number of hydrogen-bond donors (Lipinski definition) is 1. The molecule has 1 N–H and O–H groups in total. The van der Waals surface area contributed by atoms with Crippen LogP contribution in [0.1, 0.15) is 10.6 Å². The summed E-state index contributed by atoms with van der Waals surface area (Å²) < 4.78 is 23.0. The van der Waals surface area contributed by atoms with Gasteiger partial charge in [-0.15, -0.1) is 5.10 Å². The van der Waals surface area contributed by atoms with E-state index in [1.807, 2.05) is 0 Å². The summed E-state index contributed by atoms with van der Waals surface area (Å²) in [6.07, 6.45) is 1.33. The molecule has 20 heavy (non-hydrogen) atoms. The van der Waals surface area contributed by atoms with Gasteiger partial charge in [-0.3, -0.25) is 10.1 Å². The number of nitrogens with one attached hydrogen (secondary N) is 1. The number of carbonyl (C=O) groups excluding carboxylic acids is 1. The highest BCUT2D eigenvalue weighted by molar-refractivity contribution is 6.00. The highest BCUT2D eigenvalue weighted by Gasteiger charge is 2.15. The molecule has 0 bridgehead atoms. The van der Waals surface area contributed by atoms with Gasteiger partial charge in [0, 0.05) is 11.6 Å². The van der Waals surface area contributed by atoms with Gasteiger partial charge >= 0.3 is 6.01 Å². The SMILES string of the molecule is O=C(Nc1nnc(-c2cccc(F)c2)o1)c1ccno1. The Hall–Kier alpha value is -3.03. The van der Waals surface area contributed by atoms with Crippen LogP contribution in [0.4, 0.5) is 10.4 Å². The average Bonchev–Trinajstić information content (AvgIpc) is 3.10. The molecule has 0 saturated heterocycles. The van der Waals surface area contributed by atoms with Crippen LogP contribution >= 0.6 is 0 Å². The van der Waals surface area contributed by atoms with Crippen LogP contribution in [0.3, 0.4) is 0 Å². The summed E-state index contributed by atoms with van der Waals surface area (Å²) >= 11 is 0. The first-order chi connectivity index (χ1) is 9.72. The van der Waals surface area contributed by atoms with E-state index < -0.39 is 11.7 Å². The number of benzene rings is 1. The lowest BCUT2D eigenvalue weighted by Gasteiger charge is -1.95. The number of carbonyl (C=O) groups is 1. The second-order valence-electron chi connectivity index (χ2n) is 3.75. The van der Waals surface area contributed by atoms with Crippen molar-refractivity contribution in [3.05, 3.63) is 48.1 Å². The van der Waals surface area contributed by atoms with Crippen molar-refractivity contribution in [3.63, 3.8) is 0 Å². The molecule has 1 amide bonds. The van der Waals surface area contributed by atoms with Gasteiger partial charge in [0.1, 0.15) is 5.82 Å². The van der Waals surface area contributed by atoms with Gasteiger partial charge in [0.2, 0.25) is 11.7 Å². The minimum absolute atomic E-state index is 0.00973. The Morgan fingerprint density at radius 3 is 2.90 bits per heavy atom. The molecule has 7 nitrogen and oxygen atoms in total. The van der Waals surface area contributed by atoms with E-state index in [9.17, 15) is 9.18 Å². The van der Waals surface area contributed by atoms with E-state index in [1.54, 1.807) is 6.07 Å². The third-order valence-corrected chi connectivity index (χ3v) is 2.38. The van der Waals surface area contributed by atoms with Gasteiger partial charge < -0.3 is 8.94 Å².